The highest BCUT2D eigenvalue weighted by Crippen LogP contribution is 2.22. The van der Waals surface area contributed by atoms with Gasteiger partial charge < -0.3 is 4.98 Å². The molecule has 3 rings (SSSR count). The summed E-state index contributed by atoms with van der Waals surface area (Å²) in [6.07, 6.45) is 0.813. The van der Waals surface area contributed by atoms with E-state index in [-0.39, 0.29) is 0 Å². The van der Waals surface area contributed by atoms with E-state index in [1.165, 1.54) is 5.56 Å². The van der Waals surface area contributed by atoms with E-state index in [9.17, 15) is 0 Å². The number of H-pyrrole nitrogens is 1. The number of hydrogen-bond donors (Lipinski definition) is 1. The number of nitrogens with zero attached hydrogens (tertiary/aromatic N) is 1. The summed E-state index contributed by atoms with van der Waals surface area (Å²) >= 11 is 3.50. The maximum absolute atomic E-state index is 4.73. The van der Waals surface area contributed by atoms with Crippen molar-refractivity contribution in [2.24, 2.45) is 0 Å². The first-order valence-corrected chi connectivity index (χ1v) is 7.37. The molecule has 20 heavy (non-hydrogen) atoms. The molecule has 0 bridgehead atoms. The van der Waals surface area contributed by atoms with E-state index in [2.05, 4.69) is 52.1 Å². The average Bonchev–Trinajstić information content (AvgIpc) is 2.80. The Morgan fingerprint density at radius 2 is 1.85 bits per heavy atom. The molecule has 0 aliphatic heterocycles. The zero-order chi connectivity index (χ0) is 13.9. The van der Waals surface area contributed by atoms with Gasteiger partial charge >= 0.3 is 0 Å². The lowest BCUT2D eigenvalue weighted by Crippen LogP contribution is -1.90. The number of imidazole rings is 1. The van der Waals surface area contributed by atoms with E-state index in [0.29, 0.717) is 0 Å². The second kappa shape index (κ2) is 5.63. The Morgan fingerprint density at radius 1 is 1.05 bits per heavy atom. The van der Waals surface area contributed by atoms with Gasteiger partial charge in [0.05, 0.1) is 5.69 Å². The van der Waals surface area contributed by atoms with Crippen molar-refractivity contribution >= 4 is 15.9 Å². The largest absolute Gasteiger partial charge is 0.345 e. The minimum atomic E-state index is 0.813. The molecule has 0 atom stereocenters. The minimum Gasteiger partial charge on any atom is -0.345 e. The van der Waals surface area contributed by atoms with Crippen molar-refractivity contribution < 1.29 is 0 Å². The molecular formula is C17H15BrN2. The first-order chi connectivity index (χ1) is 9.72. The molecule has 2 aromatic carbocycles. The molecular weight excluding hydrogens is 312 g/mol. The summed E-state index contributed by atoms with van der Waals surface area (Å²) in [7, 11) is 0. The molecule has 0 spiro atoms. The smallest absolute Gasteiger partial charge is 0.111 e. The molecule has 3 heteroatoms. The van der Waals surface area contributed by atoms with Crippen molar-refractivity contribution in [1.29, 1.82) is 0 Å². The zero-order valence-electron chi connectivity index (χ0n) is 11.2. The Labute approximate surface area is 127 Å². The summed E-state index contributed by atoms with van der Waals surface area (Å²) in [5.74, 6) is 0.999. The highest BCUT2D eigenvalue weighted by Gasteiger charge is 2.09. The van der Waals surface area contributed by atoms with Gasteiger partial charge in [0.1, 0.15) is 5.82 Å². The molecule has 0 saturated carbocycles. The number of rotatable bonds is 3. The van der Waals surface area contributed by atoms with Crippen molar-refractivity contribution in [3.8, 4) is 11.3 Å². The molecule has 1 N–H and O–H groups in total. The molecule has 0 saturated heterocycles. The zero-order valence-corrected chi connectivity index (χ0v) is 12.8. The Morgan fingerprint density at radius 3 is 2.60 bits per heavy atom. The number of nitrogens with one attached hydrogen (secondary N) is 1. The van der Waals surface area contributed by atoms with Gasteiger partial charge in [-0.1, -0.05) is 58.4 Å². The number of aryl methyl sites for hydroxylation is 1. The predicted molar refractivity (Wildman–Crippen MR) is 85.7 cm³/mol. The van der Waals surface area contributed by atoms with Gasteiger partial charge in [0.25, 0.3) is 0 Å². The second-order valence-corrected chi connectivity index (χ2v) is 5.75. The first-order valence-electron chi connectivity index (χ1n) is 6.58. The van der Waals surface area contributed by atoms with Gasteiger partial charge in [-0.05, 0) is 24.6 Å². The maximum Gasteiger partial charge on any atom is 0.111 e. The van der Waals surface area contributed by atoms with Crippen LogP contribution in [0.2, 0.25) is 0 Å². The monoisotopic (exact) mass is 326 g/mol. The van der Waals surface area contributed by atoms with Gasteiger partial charge in [0.2, 0.25) is 0 Å². The summed E-state index contributed by atoms with van der Waals surface area (Å²) in [5.41, 5.74) is 4.55. The lowest BCUT2D eigenvalue weighted by molar-refractivity contribution is 1.02. The molecule has 0 aliphatic rings. The van der Waals surface area contributed by atoms with Crippen LogP contribution >= 0.6 is 15.9 Å². The third kappa shape index (κ3) is 2.83. The van der Waals surface area contributed by atoms with Crippen LogP contribution < -0.4 is 0 Å². The van der Waals surface area contributed by atoms with Gasteiger partial charge in [-0.25, -0.2) is 4.98 Å². The summed E-state index contributed by atoms with van der Waals surface area (Å²) in [6.45, 7) is 2.07. The van der Waals surface area contributed by atoms with Gasteiger partial charge in [-0.3, -0.25) is 0 Å². The Hall–Kier alpha value is -1.87. The number of hydrogen-bond acceptors (Lipinski definition) is 1. The average molecular weight is 327 g/mol. The molecule has 100 valence electrons. The lowest BCUT2D eigenvalue weighted by Gasteiger charge is -1.99. The van der Waals surface area contributed by atoms with Crippen LogP contribution in [0.5, 0.6) is 0 Å². The Bertz CT molecular complexity index is 717. The number of benzene rings is 2. The van der Waals surface area contributed by atoms with E-state index in [4.69, 9.17) is 4.98 Å². The van der Waals surface area contributed by atoms with Crippen LogP contribution in [-0.2, 0) is 6.42 Å². The summed E-state index contributed by atoms with van der Waals surface area (Å²) in [4.78, 5) is 8.12. The van der Waals surface area contributed by atoms with E-state index in [0.717, 1.165) is 33.7 Å². The van der Waals surface area contributed by atoms with E-state index >= 15 is 0 Å². The quantitative estimate of drug-likeness (QED) is 0.740. The molecule has 2 nitrogen and oxygen atoms in total. The van der Waals surface area contributed by atoms with Gasteiger partial charge in [-0.15, -0.1) is 0 Å². The summed E-state index contributed by atoms with van der Waals surface area (Å²) < 4.78 is 1.10. The van der Waals surface area contributed by atoms with Crippen LogP contribution in [0.3, 0.4) is 0 Å². The van der Waals surface area contributed by atoms with E-state index < -0.39 is 0 Å². The molecule has 3 aromatic rings. The molecule has 1 heterocycles. The molecule has 0 unspecified atom stereocenters. The molecule has 0 amide bonds. The summed E-state index contributed by atoms with van der Waals surface area (Å²) in [5, 5.41) is 0. The standard InChI is InChI=1S/C17H15BrN2/c1-12-17(14-7-3-2-4-8-14)20-16(19-12)11-13-6-5-9-15(18)10-13/h2-10H,11H2,1H3,(H,19,20). The third-order valence-electron chi connectivity index (χ3n) is 3.24. The number of aromatic nitrogens is 2. The first kappa shape index (κ1) is 13.1. The van der Waals surface area contributed by atoms with Crippen LogP contribution in [0.25, 0.3) is 11.3 Å². The number of halogens is 1. The predicted octanol–water partition coefficient (Wildman–Crippen LogP) is 4.74. The van der Waals surface area contributed by atoms with Crippen molar-refractivity contribution in [1.82, 2.24) is 9.97 Å². The SMILES string of the molecule is Cc1[nH]c(Cc2cccc(Br)c2)nc1-c1ccccc1. The van der Waals surface area contributed by atoms with Gasteiger partial charge in [0, 0.05) is 22.2 Å². The maximum atomic E-state index is 4.73. The van der Waals surface area contributed by atoms with Crippen LogP contribution in [0.1, 0.15) is 17.1 Å². The van der Waals surface area contributed by atoms with Crippen LogP contribution in [0.4, 0.5) is 0 Å². The fraction of sp³-hybridized carbons (Fsp3) is 0.118. The Kier molecular flexibility index (Phi) is 3.70. The molecule has 0 radical (unpaired) electrons. The van der Waals surface area contributed by atoms with Crippen molar-refractivity contribution in [3.63, 3.8) is 0 Å². The van der Waals surface area contributed by atoms with E-state index in [1.54, 1.807) is 0 Å². The normalized spacial score (nSPS) is 10.7. The second-order valence-electron chi connectivity index (χ2n) is 4.83. The van der Waals surface area contributed by atoms with Crippen LogP contribution in [0, 0.1) is 6.92 Å². The van der Waals surface area contributed by atoms with Gasteiger partial charge in [-0.2, -0.15) is 0 Å². The van der Waals surface area contributed by atoms with Crippen molar-refractivity contribution in [2.45, 2.75) is 13.3 Å². The third-order valence-corrected chi connectivity index (χ3v) is 3.73. The topological polar surface area (TPSA) is 28.7 Å². The number of aromatic amines is 1. The van der Waals surface area contributed by atoms with Crippen molar-refractivity contribution in [3.05, 3.63) is 76.2 Å². The summed E-state index contributed by atoms with van der Waals surface area (Å²) in [6, 6.07) is 18.6. The molecule has 0 aliphatic carbocycles. The van der Waals surface area contributed by atoms with Gasteiger partial charge in [0.15, 0.2) is 0 Å². The minimum absolute atomic E-state index is 0.813. The fourth-order valence-corrected chi connectivity index (χ4v) is 2.77. The lowest BCUT2D eigenvalue weighted by atomic mass is 10.1. The van der Waals surface area contributed by atoms with E-state index in [1.807, 2.05) is 30.3 Å². The van der Waals surface area contributed by atoms with Crippen molar-refractivity contribution in [2.75, 3.05) is 0 Å². The highest BCUT2D eigenvalue weighted by atomic mass is 79.9. The highest BCUT2D eigenvalue weighted by molar-refractivity contribution is 9.10. The molecule has 0 fully saturated rings. The van der Waals surface area contributed by atoms with Crippen LogP contribution in [-0.4, -0.2) is 9.97 Å². The Balaban J connectivity index is 1.90. The fourth-order valence-electron chi connectivity index (χ4n) is 2.32. The molecule has 1 aromatic heterocycles. The van der Waals surface area contributed by atoms with Crippen LogP contribution in [0.15, 0.2) is 59.1 Å².